The molecule has 1 aromatic heterocycles. The van der Waals surface area contributed by atoms with Crippen molar-refractivity contribution in [1.82, 2.24) is 14.8 Å². The maximum atomic E-state index is 10.1. The fraction of sp³-hybridized carbons (Fsp3) is 0.438. The summed E-state index contributed by atoms with van der Waals surface area (Å²) in [4.78, 5) is 3.81. The van der Waals surface area contributed by atoms with E-state index in [1.165, 1.54) is 22.1 Å². The molecule has 1 heterocycles. The number of aryl methyl sites for hydroxylation is 1. The molecule has 1 aliphatic rings. The van der Waals surface area contributed by atoms with E-state index in [0.29, 0.717) is 0 Å². The number of aliphatic hydroxyl groups excluding tert-OH is 1. The minimum absolute atomic E-state index is 0.0463. The van der Waals surface area contributed by atoms with Crippen LogP contribution in [0.15, 0.2) is 30.6 Å². The number of aliphatic hydroxyl groups is 1. The first-order valence-corrected chi connectivity index (χ1v) is 7.43. The molecule has 1 N–H and O–H groups in total. The SMILES string of the molecule is N#Cc1ncn(CC(O)COC2CCCc3ccccc32)n1. The van der Waals surface area contributed by atoms with Crippen LogP contribution < -0.4 is 0 Å². The molecule has 114 valence electrons. The Morgan fingerprint density at radius 3 is 3.14 bits per heavy atom. The zero-order chi connectivity index (χ0) is 15.4. The maximum Gasteiger partial charge on any atom is 0.252 e. The van der Waals surface area contributed by atoms with E-state index in [2.05, 4.69) is 22.2 Å². The van der Waals surface area contributed by atoms with Crippen LogP contribution in [0.25, 0.3) is 0 Å². The van der Waals surface area contributed by atoms with Gasteiger partial charge in [0.2, 0.25) is 0 Å². The number of benzene rings is 1. The van der Waals surface area contributed by atoms with E-state index >= 15 is 0 Å². The summed E-state index contributed by atoms with van der Waals surface area (Å²) in [5.74, 6) is 0.106. The molecule has 6 nitrogen and oxygen atoms in total. The standard InChI is InChI=1S/C16H18N4O2/c17-8-16-18-11-20(19-16)9-13(21)10-22-15-7-3-5-12-4-1-2-6-14(12)15/h1-2,4,6,11,13,15,21H,3,5,7,9-10H2. The number of nitrogens with zero attached hydrogens (tertiary/aromatic N) is 4. The van der Waals surface area contributed by atoms with E-state index in [1.54, 1.807) is 0 Å². The molecule has 0 spiro atoms. The van der Waals surface area contributed by atoms with Gasteiger partial charge in [0.05, 0.1) is 25.4 Å². The second kappa shape index (κ2) is 6.69. The van der Waals surface area contributed by atoms with Gasteiger partial charge in [-0.2, -0.15) is 5.26 Å². The molecule has 0 amide bonds. The van der Waals surface area contributed by atoms with Crippen LogP contribution in [-0.4, -0.2) is 32.6 Å². The highest BCUT2D eigenvalue weighted by molar-refractivity contribution is 5.31. The van der Waals surface area contributed by atoms with Gasteiger partial charge in [0.15, 0.2) is 0 Å². The van der Waals surface area contributed by atoms with Crippen LogP contribution in [-0.2, 0) is 17.7 Å². The molecular weight excluding hydrogens is 280 g/mol. The third-order valence-electron chi connectivity index (χ3n) is 3.84. The van der Waals surface area contributed by atoms with E-state index in [0.717, 1.165) is 19.3 Å². The molecule has 0 aliphatic heterocycles. The summed E-state index contributed by atoms with van der Waals surface area (Å²) in [6.45, 7) is 0.504. The van der Waals surface area contributed by atoms with Gasteiger partial charge in [-0.05, 0) is 30.4 Å². The highest BCUT2D eigenvalue weighted by Crippen LogP contribution is 2.32. The Hall–Kier alpha value is -2.23. The second-order valence-electron chi connectivity index (χ2n) is 5.47. The fourth-order valence-electron chi connectivity index (χ4n) is 2.81. The number of fused-ring (bicyclic) bond motifs is 1. The van der Waals surface area contributed by atoms with Crippen molar-refractivity contribution in [2.24, 2.45) is 0 Å². The van der Waals surface area contributed by atoms with E-state index in [1.807, 2.05) is 18.2 Å². The Labute approximate surface area is 129 Å². The van der Waals surface area contributed by atoms with Crippen LogP contribution in [0.4, 0.5) is 0 Å². The molecule has 3 rings (SSSR count). The third-order valence-corrected chi connectivity index (χ3v) is 3.84. The molecule has 0 bridgehead atoms. The van der Waals surface area contributed by atoms with E-state index in [-0.39, 0.29) is 25.1 Å². The highest BCUT2D eigenvalue weighted by atomic mass is 16.5. The lowest BCUT2D eigenvalue weighted by molar-refractivity contribution is -0.0236. The van der Waals surface area contributed by atoms with Gasteiger partial charge >= 0.3 is 0 Å². The molecule has 2 aromatic rings. The lowest BCUT2D eigenvalue weighted by Crippen LogP contribution is -2.24. The number of hydrogen-bond acceptors (Lipinski definition) is 5. The number of rotatable bonds is 5. The van der Waals surface area contributed by atoms with Crippen molar-refractivity contribution < 1.29 is 9.84 Å². The number of ether oxygens (including phenoxy) is 1. The van der Waals surface area contributed by atoms with Gasteiger partial charge in [-0.25, -0.2) is 9.67 Å². The minimum atomic E-state index is -0.678. The van der Waals surface area contributed by atoms with Crippen molar-refractivity contribution in [2.75, 3.05) is 6.61 Å². The van der Waals surface area contributed by atoms with Gasteiger partial charge < -0.3 is 9.84 Å². The lowest BCUT2D eigenvalue weighted by atomic mass is 9.89. The van der Waals surface area contributed by atoms with Gasteiger partial charge in [0.1, 0.15) is 12.4 Å². The molecule has 2 unspecified atom stereocenters. The van der Waals surface area contributed by atoms with Gasteiger partial charge in [-0.1, -0.05) is 24.3 Å². The molecule has 0 saturated carbocycles. The summed E-state index contributed by atoms with van der Waals surface area (Å²) in [7, 11) is 0. The van der Waals surface area contributed by atoms with Crippen LogP contribution in [0.5, 0.6) is 0 Å². The lowest BCUT2D eigenvalue weighted by Gasteiger charge is -2.26. The second-order valence-corrected chi connectivity index (χ2v) is 5.47. The largest absolute Gasteiger partial charge is 0.389 e. The fourth-order valence-corrected chi connectivity index (χ4v) is 2.81. The topological polar surface area (TPSA) is 84.0 Å². The van der Waals surface area contributed by atoms with Gasteiger partial charge in [0.25, 0.3) is 5.82 Å². The van der Waals surface area contributed by atoms with Crippen LogP contribution in [0, 0.1) is 11.3 Å². The smallest absolute Gasteiger partial charge is 0.252 e. The van der Waals surface area contributed by atoms with E-state index in [4.69, 9.17) is 10.00 Å². The first-order valence-electron chi connectivity index (χ1n) is 7.43. The predicted molar refractivity (Wildman–Crippen MR) is 78.8 cm³/mol. The molecular formula is C16H18N4O2. The Balaban J connectivity index is 1.55. The quantitative estimate of drug-likeness (QED) is 0.906. The van der Waals surface area contributed by atoms with Gasteiger partial charge in [-0.3, -0.25) is 0 Å². The highest BCUT2D eigenvalue weighted by Gasteiger charge is 2.21. The maximum absolute atomic E-state index is 10.1. The predicted octanol–water partition coefficient (Wildman–Crippen LogP) is 1.60. The molecule has 1 aliphatic carbocycles. The molecule has 22 heavy (non-hydrogen) atoms. The third kappa shape index (κ3) is 3.32. The van der Waals surface area contributed by atoms with Crippen LogP contribution in [0.2, 0.25) is 0 Å². The number of hydrogen-bond donors (Lipinski definition) is 1. The summed E-state index contributed by atoms with van der Waals surface area (Å²) in [5, 5.41) is 22.7. The van der Waals surface area contributed by atoms with Crippen molar-refractivity contribution in [3.8, 4) is 6.07 Å². The van der Waals surface area contributed by atoms with Crippen LogP contribution >= 0.6 is 0 Å². The van der Waals surface area contributed by atoms with E-state index < -0.39 is 6.10 Å². The van der Waals surface area contributed by atoms with Crippen molar-refractivity contribution in [3.63, 3.8) is 0 Å². The Morgan fingerprint density at radius 2 is 2.32 bits per heavy atom. The monoisotopic (exact) mass is 298 g/mol. The van der Waals surface area contributed by atoms with E-state index in [9.17, 15) is 5.11 Å². The number of nitriles is 1. The Kier molecular flexibility index (Phi) is 4.47. The Bertz CT molecular complexity index is 677. The summed E-state index contributed by atoms with van der Waals surface area (Å²) < 4.78 is 7.36. The first-order chi connectivity index (χ1) is 10.8. The summed E-state index contributed by atoms with van der Waals surface area (Å²) in [6, 6.07) is 10.2. The summed E-state index contributed by atoms with van der Waals surface area (Å²) >= 11 is 0. The zero-order valence-electron chi connectivity index (χ0n) is 12.2. The summed E-state index contributed by atoms with van der Waals surface area (Å²) in [5.41, 5.74) is 2.57. The average molecular weight is 298 g/mol. The van der Waals surface area contributed by atoms with Crippen molar-refractivity contribution in [3.05, 3.63) is 47.5 Å². The molecule has 0 fully saturated rings. The van der Waals surface area contributed by atoms with Gasteiger partial charge in [0, 0.05) is 0 Å². The van der Waals surface area contributed by atoms with Crippen LogP contribution in [0.1, 0.15) is 35.9 Å². The first kappa shape index (κ1) is 14.7. The Morgan fingerprint density at radius 1 is 1.45 bits per heavy atom. The molecule has 2 atom stereocenters. The van der Waals surface area contributed by atoms with Crippen molar-refractivity contribution >= 4 is 0 Å². The zero-order valence-corrected chi connectivity index (χ0v) is 12.2. The molecule has 1 aromatic carbocycles. The molecule has 6 heteroatoms. The minimum Gasteiger partial charge on any atom is -0.389 e. The molecule has 0 saturated heterocycles. The van der Waals surface area contributed by atoms with Crippen molar-refractivity contribution in [2.45, 2.75) is 38.0 Å². The number of aromatic nitrogens is 3. The van der Waals surface area contributed by atoms with Crippen molar-refractivity contribution in [1.29, 1.82) is 5.26 Å². The average Bonchev–Trinajstić information content (AvgIpc) is 3.00. The van der Waals surface area contributed by atoms with Gasteiger partial charge in [-0.15, -0.1) is 5.10 Å². The molecule has 0 radical (unpaired) electrons. The normalized spacial score (nSPS) is 18.5. The van der Waals surface area contributed by atoms with Crippen LogP contribution in [0.3, 0.4) is 0 Å². The summed E-state index contributed by atoms with van der Waals surface area (Å²) in [6.07, 6.45) is 3.98.